The van der Waals surface area contributed by atoms with E-state index in [9.17, 15) is 0 Å². The summed E-state index contributed by atoms with van der Waals surface area (Å²) in [5.41, 5.74) is 6.60. The first-order valence-corrected chi connectivity index (χ1v) is 5.16. The standard InChI is InChI=1S/C9H10N4S/c1-2-7-12-13-9(14-7)6-4-3-5-11-8(6)10/h3-5H,2H2,1H3,(H2,10,11). The highest BCUT2D eigenvalue weighted by molar-refractivity contribution is 7.14. The molecule has 0 saturated carbocycles. The molecule has 2 N–H and O–H groups in total. The molecule has 0 aliphatic carbocycles. The first-order valence-electron chi connectivity index (χ1n) is 4.34. The summed E-state index contributed by atoms with van der Waals surface area (Å²) in [6.45, 7) is 2.05. The van der Waals surface area contributed by atoms with Crippen molar-refractivity contribution in [1.82, 2.24) is 15.2 Å². The fourth-order valence-corrected chi connectivity index (χ4v) is 1.92. The van der Waals surface area contributed by atoms with Gasteiger partial charge in [0.15, 0.2) is 5.01 Å². The Morgan fingerprint density at radius 1 is 1.43 bits per heavy atom. The van der Waals surface area contributed by atoms with Crippen molar-refractivity contribution in [2.45, 2.75) is 13.3 Å². The number of hydrogen-bond donors (Lipinski definition) is 1. The van der Waals surface area contributed by atoms with Gasteiger partial charge in [-0.2, -0.15) is 0 Å². The van der Waals surface area contributed by atoms with Crippen molar-refractivity contribution in [1.29, 1.82) is 0 Å². The van der Waals surface area contributed by atoms with Gasteiger partial charge in [-0.1, -0.05) is 18.3 Å². The lowest BCUT2D eigenvalue weighted by Crippen LogP contribution is -1.92. The molecule has 2 rings (SSSR count). The van der Waals surface area contributed by atoms with Crippen molar-refractivity contribution >= 4 is 17.2 Å². The maximum absolute atomic E-state index is 5.73. The van der Waals surface area contributed by atoms with Crippen LogP contribution in [-0.2, 0) is 6.42 Å². The maximum atomic E-state index is 5.73. The molecule has 5 heteroatoms. The molecule has 14 heavy (non-hydrogen) atoms. The van der Waals surface area contributed by atoms with Crippen molar-refractivity contribution < 1.29 is 0 Å². The molecular formula is C9H10N4S. The lowest BCUT2D eigenvalue weighted by Gasteiger charge is -1.97. The molecule has 0 aliphatic rings. The molecule has 0 amide bonds. The second-order valence-corrected chi connectivity index (χ2v) is 3.85. The van der Waals surface area contributed by atoms with E-state index in [4.69, 9.17) is 5.73 Å². The molecule has 0 fully saturated rings. The van der Waals surface area contributed by atoms with Crippen LogP contribution >= 0.6 is 11.3 Å². The highest BCUT2D eigenvalue weighted by Crippen LogP contribution is 2.26. The van der Waals surface area contributed by atoms with Crippen LogP contribution < -0.4 is 5.73 Å². The number of aromatic nitrogens is 3. The number of hydrogen-bond acceptors (Lipinski definition) is 5. The number of rotatable bonds is 2. The average Bonchev–Trinajstić information content (AvgIpc) is 2.67. The molecule has 0 aliphatic heterocycles. The Morgan fingerprint density at radius 2 is 2.29 bits per heavy atom. The van der Waals surface area contributed by atoms with Gasteiger partial charge in [0.2, 0.25) is 0 Å². The number of pyridine rings is 1. The highest BCUT2D eigenvalue weighted by Gasteiger charge is 2.08. The van der Waals surface area contributed by atoms with E-state index in [-0.39, 0.29) is 0 Å². The van der Waals surface area contributed by atoms with Crippen molar-refractivity contribution in [3.8, 4) is 10.6 Å². The van der Waals surface area contributed by atoms with E-state index in [1.165, 1.54) is 0 Å². The molecule has 4 nitrogen and oxygen atoms in total. The summed E-state index contributed by atoms with van der Waals surface area (Å²) in [4.78, 5) is 4.01. The Morgan fingerprint density at radius 3 is 2.93 bits per heavy atom. The summed E-state index contributed by atoms with van der Waals surface area (Å²) in [6.07, 6.45) is 2.57. The van der Waals surface area contributed by atoms with Gasteiger partial charge in [0.05, 0.1) is 5.56 Å². The number of aryl methyl sites for hydroxylation is 1. The van der Waals surface area contributed by atoms with Crippen LogP contribution in [-0.4, -0.2) is 15.2 Å². The first kappa shape index (κ1) is 9.08. The SMILES string of the molecule is CCc1nnc(-c2cccnc2N)s1. The Balaban J connectivity index is 2.44. The fraction of sp³-hybridized carbons (Fsp3) is 0.222. The smallest absolute Gasteiger partial charge is 0.151 e. The molecular weight excluding hydrogens is 196 g/mol. The molecule has 72 valence electrons. The van der Waals surface area contributed by atoms with Crippen molar-refractivity contribution in [2.75, 3.05) is 5.73 Å². The van der Waals surface area contributed by atoms with Gasteiger partial charge < -0.3 is 5.73 Å². The van der Waals surface area contributed by atoms with Gasteiger partial charge in [-0.25, -0.2) is 4.98 Å². The third kappa shape index (κ3) is 1.58. The van der Waals surface area contributed by atoms with Crippen LogP contribution in [0.1, 0.15) is 11.9 Å². The molecule has 0 spiro atoms. The van der Waals surface area contributed by atoms with Gasteiger partial charge in [0, 0.05) is 6.20 Å². The van der Waals surface area contributed by atoms with Crippen LogP contribution in [0.3, 0.4) is 0 Å². The summed E-state index contributed by atoms with van der Waals surface area (Å²) >= 11 is 1.56. The summed E-state index contributed by atoms with van der Waals surface area (Å²) in [6, 6.07) is 3.75. The second kappa shape index (κ2) is 3.71. The summed E-state index contributed by atoms with van der Waals surface area (Å²) in [7, 11) is 0. The van der Waals surface area contributed by atoms with Gasteiger partial charge in [0.25, 0.3) is 0 Å². The highest BCUT2D eigenvalue weighted by atomic mass is 32.1. The third-order valence-electron chi connectivity index (χ3n) is 1.84. The Hall–Kier alpha value is -1.49. The summed E-state index contributed by atoms with van der Waals surface area (Å²) < 4.78 is 0. The molecule has 2 aromatic rings. The van der Waals surface area contributed by atoms with Gasteiger partial charge in [-0.3, -0.25) is 0 Å². The van der Waals surface area contributed by atoms with Crippen LogP contribution in [0.4, 0.5) is 5.82 Å². The fourth-order valence-electron chi connectivity index (χ4n) is 1.10. The van der Waals surface area contributed by atoms with Crippen LogP contribution in [0.15, 0.2) is 18.3 Å². The monoisotopic (exact) mass is 206 g/mol. The zero-order valence-corrected chi connectivity index (χ0v) is 8.58. The number of nitrogens with two attached hydrogens (primary N) is 1. The van der Waals surface area contributed by atoms with E-state index in [1.807, 2.05) is 12.1 Å². The van der Waals surface area contributed by atoms with E-state index in [2.05, 4.69) is 22.1 Å². The number of anilines is 1. The normalized spacial score (nSPS) is 10.4. The Kier molecular flexibility index (Phi) is 2.41. The summed E-state index contributed by atoms with van der Waals surface area (Å²) in [5.74, 6) is 0.506. The minimum Gasteiger partial charge on any atom is -0.383 e. The summed E-state index contributed by atoms with van der Waals surface area (Å²) in [5, 5.41) is 9.96. The zero-order chi connectivity index (χ0) is 9.97. The van der Waals surface area contributed by atoms with Gasteiger partial charge in [-0.05, 0) is 18.6 Å². The van der Waals surface area contributed by atoms with Crippen LogP contribution in [0, 0.1) is 0 Å². The molecule has 0 radical (unpaired) electrons. The minimum atomic E-state index is 0.506. The van der Waals surface area contributed by atoms with E-state index in [1.54, 1.807) is 17.5 Å². The molecule has 0 bridgehead atoms. The Bertz CT molecular complexity index is 438. The van der Waals surface area contributed by atoms with Crippen molar-refractivity contribution in [2.24, 2.45) is 0 Å². The molecule has 0 atom stereocenters. The van der Waals surface area contributed by atoms with Crippen LogP contribution in [0.2, 0.25) is 0 Å². The van der Waals surface area contributed by atoms with Crippen molar-refractivity contribution in [3.05, 3.63) is 23.3 Å². The molecule has 0 aromatic carbocycles. The van der Waals surface area contributed by atoms with E-state index in [0.29, 0.717) is 5.82 Å². The van der Waals surface area contributed by atoms with E-state index < -0.39 is 0 Å². The van der Waals surface area contributed by atoms with Crippen molar-refractivity contribution in [3.63, 3.8) is 0 Å². The van der Waals surface area contributed by atoms with Crippen LogP contribution in [0.25, 0.3) is 10.6 Å². The molecule has 2 aromatic heterocycles. The molecule has 2 heterocycles. The Labute approximate surface area is 85.8 Å². The predicted octanol–water partition coefficient (Wildman–Crippen LogP) is 1.74. The minimum absolute atomic E-state index is 0.506. The number of nitrogens with zero attached hydrogens (tertiary/aromatic N) is 3. The topological polar surface area (TPSA) is 64.7 Å². The zero-order valence-electron chi connectivity index (χ0n) is 7.77. The average molecular weight is 206 g/mol. The first-order chi connectivity index (χ1) is 6.81. The van der Waals surface area contributed by atoms with Gasteiger partial charge in [0.1, 0.15) is 10.8 Å². The predicted molar refractivity (Wildman–Crippen MR) is 56.9 cm³/mol. The quantitative estimate of drug-likeness (QED) is 0.813. The van der Waals surface area contributed by atoms with Gasteiger partial charge >= 0.3 is 0 Å². The largest absolute Gasteiger partial charge is 0.383 e. The van der Waals surface area contributed by atoms with E-state index in [0.717, 1.165) is 22.0 Å². The van der Waals surface area contributed by atoms with Gasteiger partial charge in [-0.15, -0.1) is 10.2 Å². The molecule has 0 unspecified atom stereocenters. The van der Waals surface area contributed by atoms with Crippen LogP contribution in [0.5, 0.6) is 0 Å². The maximum Gasteiger partial charge on any atom is 0.151 e. The lowest BCUT2D eigenvalue weighted by molar-refractivity contribution is 0.986. The molecule has 0 saturated heterocycles. The second-order valence-electron chi connectivity index (χ2n) is 2.79. The number of nitrogen functional groups attached to an aromatic ring is 1. The third-order valence-corrected chi connectivity index (χ3v) is 2.94. The van der Waals surface area contributed by atoms with E-state index >= 15 is 0 Å². The lowest BCUT2D eigenvalue weighted by atomic mass is 10.3.